The van der Waals surface area contributed by atoms with E-state index in [1.165, 1.54) is 6.07 Å². The highest BCUT2D eigenvalue weighted by Gasteiger charge is 2.07. The Kier molecular flexibility index (Phi) is 2.56. The van der Waals surface area contributed by atoms with Crippen LogP contribution in [0.2, 0.25) is 0 Å². The summed E-state index contributed by atoms with van der Waals surface area (Å²) in [5.74, 6) is -0.0142. The van der Waals surface area contributed by atoms with Crippen LogP contribution in [0.3, 0.4) is 0 Å². The number of hydrogen-bond acceptors (Lipinski definition) is 3. The van der Waals surface area contributed by atoms with Crippen molar-refractivity contribution in [2.24, 2.45) is 0 Å². The molecule has 0 bridgehead atoms. The summed E-state index contributed by atoms with van der Waals surface area (Å²) in [5.41, 5.74) is 6.77. The molecular formula is C12H14N2O2. The minimum absolute atomic E-state index is 0.0142. The van der Waals surface area contributed by atoms with Crippen molar-refractivity contribution in [3.05, 3.63) is 34.6 Å². The largest absolute Gasteiger partial charge is 0.507 e. The number of aromatic hydroxyl groups is 1. The van der Waals surface area contributed by atoms with Crippen LogP contribution in [-0.4, -0.2) is 9.67 Å². The first-order valence-electron chi connectivity index (χ1n) is 5.25. The lowest BCUT2D eigenvalue weighted by atomic mass is 10.1. The molecule has 0 atom stereocenters. The third kappa shape index (κ3) is 1.62. The second-order valence-electron chi connectivity index (χ2n) is 3.80. The quantitative estimate of drug-likeness (QED) is 0.754. The number of fused-ring (bicyclic) bond motifs is 1. The molecule has 0 aliphatic carbocycles. The van der Waals surface area contributed by atoms with E-state index in [0.717, 1.165) is 11.9 Å². The van der Waals surface area contributed by atoms with E-state index >= 15 is 0 Å². The number of nitrogens with two attached hydrogens (primary N) is 1. The minimum Gasteiger partial charge on any atom is -0.507 e. The number of aryl methyl sites for hydroxylation is 1. The Bertz CT molecular complexity index is 587. The van der Waals surface area contributed by atoms with Gasteiger partial charge in [0.1, 0.15) is 5.75 Å². The number of anilines is 1. The number of benzene rings is 1. The number of aromatic nitrogens is 1. The fourth-order valence-electron chi connectivity index (χ4n) is 1.84. The summed E-state index contributed by atoms with van der Waals surface area (Å²) in [4.78, 5) is 11.7. The van der Waals surface area contributed by atoms with Gasteiger partial charge in [0.15, 0.2) is 0 Å². The number of pyridine rings is 1. The van der Waals surface area contributed by atoms with Crippen LogP contribution in [0.1, 0.15) is 13.3 Å². The van der Waals surface area contributed by atoms with E-state index in [4.69, 9.17) is 5.73 Å². The molecule has 0 aliphatic rings. The van der Waals surface area contributed by atoms with Gasteiger partial charge in [-0.25, -0.2) is 0 Å². The first-order chi connectivity index (χ1) is 7.63. The maximum absolute atomic E-state index is 11.7. The lowest BCUT2D eigenvalue weighted by Gasteiger charge is -2.10. The van der Waals surface area contributed by atoms with Gasteiger partial charge in [0.25, 0.3) is 5.56 Å². The second-order valence-corrected chi connectivity index (χ2v) is 3.80. The van der Waals surface area contributed by atoms with Crippen LogP contribution in [0.15, 0.2) is 29.1 Å². The van der Waals surface area contributed by atoms with Crippen LogP contribution in [0.5, 0.6) is 5.75 Å². The van der Waals surface area contributed by atoms with Crippen LogP contribution < -0.4 is 11.3 Å². The van der Waals surface area contributed by atoms with E-state index in [1.54, 1.807) is 22.8 Å². The third-order valence-electron chi connectivity index (χ3n) is 2.56. The minimum atomic E-state index is -0.184. The topological polar surface area (TPSA) is 68.2 Å². The van der Waals surface area contributed by atoms with E-state index in [0.29, 0.717) is 17.6 Å². The van der Waals surface area contributed by atoms with Crippen molar-refractivity contribution >= 4 is 16.6 Å². The first kappa shape index (κ1) is 10.5. The number of hydrogen-bond donors (Lipinski definition) is 2. The highest BCUT2D eigenvalue weighted by molar-refractivity contribution is 5.87. The molecule has 0 saturated carbocycles. The molecule has 1 aromatic heterocycles. The maximum Gasteiger partial charge on any atom is 0.254 e. The van der Waals surface area contributed by atoms with Crippen molar-refractivity contribution in [2.45, 2.75) is 19.9 Å². The lowest BCUT2D eigenvalue weighted by Crippen LogP contribution is -2.19. The standard InChI is InChI=1S/C12H14N2O2/c1-2-5-14-10-4-3-8(13)6-9(10)11(15)7-12(14)16/h3-4,6-7,15H,2,5,13H2,1H3. The first-order valence-corrected chi connectivity index (χ1v) is 5.25. The van der Waals surface area contributed by atoms with Crippen molar-refractivity contribution in [3.8, 4) is 5.75 Å². The summed E-state index contributed by atoms with van der Waals surface area (Å²) < 4.78 is 1.65. The van der Waals surface area contributed by atoms with Crippen LogP contribution in [-0.2, 0) is 6.54 Å². The Morgan fingerprint density at radius 3 is 2.81 bits per heavy atom. The molecule has 0 aliphatic heterocycles. The van der Waals surface area contributed by atoms with Crippen molar-refractivity contribution in [3.63, 3.8) is 0 Å². The molecule has 1 aromatic carbocycles. The SMILES string of the molecule is CCCn1c(=O)cc(O)c2cc(N)ccc21. The Labute approximate surface area is 92.9 Å². The van der Waals surface area contributed by atoms with Gasteiger partial charge in [-0.2, -0.15) is 0 Å². The monoisotopic (exact) mass is 218 g/mol. The fourth-order valence-corrected chi connectivity index (χ4v) is 1.84. The van der Waals surface area contributed by atoms with Crippen LogP contribution in [0.25, 0.3) is 10.9 Å². The maximum atomic E-state index is 11.7. The van der Waals surface area contributed by atoms with E-state index in [9.17, 15) is 9.90 Å². The van der Waals surface area contributed by atoms with Gasteiger partial charge in [-0.1, -0.05) is 6.92 Å². The molecule has 4 heteroatoms. The molecule has 0 saturated heterocycles. The number of nitrogens with zero attached hydrogens (tertiary/aromatic N) is 1. The van der Waals surface area contributed by atoms with Crippen molar-refractivity contribution < 1.29 is 5.11 Å². The number of nitrogen functional groups attached to an aromatic ring is 1. The third-order valence-corrected chi connectivity index (χ3v) is 2.56. The molecule has 0 unspecified atom stereocenters. The van der Waals surface area contributed by atoms with E-state index < -0.39 is 0 Å². The normalized spacial score (nSPS) is 10.8. The predicted octanol–water partition coefficient (Wildman–Crippen LogP) is 1.70. The average molecular weight is 218 g/mol. The molecule has 0 spiro atoms. The molecular weight excluding hydrogens is 204 g/mol. The predicted molar refractivity (Wildman–Crippen MR) is 64.6 cm³/mol. The summed E-state index contributed by atoms with van der Waals surface area (Å²) in [7, 11) is 0. The Balaban J connectivity index is 2.84. The average Bonchev–Trinajstić information content (AvgIpc) is 2.24. The Morgan fingerprint density at radius 2 is 2.12 bits per heavy atom. The molecule has 84 valence electrons. The molecule has 1 heterocycles. The number of rotatable bonds is 2. The Morgan fingerprint density at radius 1 is 1.38 bits per heavy atom. The lowest BCUT2D eigenvalue weighted by molar-refractivity contribution is 0.478. The van der Waals surface area contributed by atoms with Gasteiger partial charge in [-0.3, -0.25) is 4.79 Å². The van der Waals surface area contributed by atoms with Crippen molar-refractivity contribution in [1.29, 1.82) is 0 Å². The summed E-state index contributed by atoms with van der Waals surface area (Å²) in [6, 6.07) is 6.41. The summed E-state index contributed by atoms with van der Waals surface area (Å²) in [6.45, 7) is 2.64. The van der Waals surface area contributed by atoms with E-state index in [1.807, 2.05) is 6.92 Å². The molecule has 0 radical (unpaired) electrons. The van der Waals surface area contributed by atoms with Gasteiger partial charge < -0.3 is 15.4 Å². The zero-order chi connectivity index (χ0) is 11.7. The van der Waals surface area contributed by atoms with Crippen LogP contribution >= 0.6 is 0 Å². The molecule has 3 N–H and O–H groups in total. The van der Waals surface area contributed by atoms with E-state index in [2.05, 4.69) is 0 Å². The second kappa shape index (κ2) is 3.89. The zero-order valence-electron chi connectivity index (χ0n) is 9.10. The molecule has 2 aromatic rings. The molecule has 0 fully saturated rings. The fraction of sp³-hybridized carbons (Fsp3) is 0.250. The van der Waals surface area contributed by atoms with Gasteiger partial charge in [-0.15, -0.1) is 0 Å². The summed E-state index contributed by atoms with van der Waals surface area (Å²) in [5, 5.41) is 10.3. The Hall–Kier alpha value is -1.97. The van der Waals surface area contributed by atoms with E-state index in [-0.39, 0.29) is 11.3 Å². The molecule has 2 rings (SSSR count). The van der Waals surface area contributed by atoms with Gasteiger partial charge in [0.2, 0.25) is 0 Å². The van der Waals surface area contributed by atoms with Gasteiger partial charge in [-0.05, 0) is 24.6 Å². The van der Waals surface area contributed by atoms with Crippen LogP contribution in [0.4, 0.5) is 5.69 Å². The summed E-state index contributed by atoms with van der Waals surface area (Å²) >= 11 is 0. The summed E-state index contributed by atoms with van der Waals surface area (Å²) in [6.07, 6.45) is 0.865. The van der Waals surface area contributed by atoms with Gasteiger partial charge in [0, 0.05) is 23.7 Å². The van der Waals surface area contributed by atoms with Gasteiger partial charge >= 0.3 is 0 Å². The van der Waals surface area contributed by atoms with Crippen molar-refractivity contribution in [1.82, 2.24) is 4.57 Å². The molecule has 4 nitrogen and oxygen atoms in total. The van der Waals surface area contributed by atoms with Crippen molar-refractivity contribution in [2.75, 3.05) is 5.73 Å². The zero-order valence-corrected chi connectivity index (χ0v) is 9.10. The molecule has 0 amide bonds. The van der Waals surface area contributed by atoms with Gasteiger partial charge in [0.05, 0.1) is 5.52 Å². The molecule has 16 heavy (non-hydrogen) atoms. The highest BCUT2D eigenvalue weighted by atomic mass is 16.3. The smallest absolute Gasteiger partial charge is 0.254 e. The highest BCUT2D eigenvalue weighted by Crippen LogP contribution is 2.24. The van der Waals surface area contributed by atoms with Crippen LogP contribution in [0, 0.1) is 0 Å².